The Kier molecular flexibility index (Phi) is 22.4. The largest absolute Gasteiger partial charge is 1.00 e. The molecule has 0 aliphatic rings. The minimum absolute atomic E-state index is 0. The standard InChI is InChI=1S/C36H28OP2.C14H12O.2C8H6N3.2Cu/c1-5-17-29(18-6-1)38(30-19-7-2-8-20-30)35-27-15-13-25-33(35)37-34-26-14-16-28-36(34)39(31-21-9-3-10-22-31)32-23-11-4-12-24-32;1-11-7-3-5-9-13(11)15-14-10-6-4-8-12(14)2;2*1-3-9-4-2-7(1)8-5-10-11-6-8;;/h1-28H;3-10H,1-2H2;2*1-6H;;/q;-2;2*-1;;+1/p+2. The van der Waals surface area contributed by atoms with Crippen LogP contribution in [0, 0.1) is 13.8 Å². The third-order valence-electron chi connectivity index (χ3n) is 11.9. The monoisotopic (exact) mass is 1150 g/mol. The topological polar surface area (TPSA) is 98.2 Å². The number of benzene rings is 8. The molecule has 0 saturated carbocycles. The summed E-state index contributed by atoms with van der Waals surface area (Å²) in [4.78, 5) is 7.83. The molecule has 0 amide bonds. The quantitative estimate of drug-likeness (QED) is 0.0678. The maximum atomic E-state index is 6.94. The van der Waals surface area contributed by atoms with Gasteiger partial charge in [-0.15, -0.1) is 12.1 Å². The van der Waals surface area contributed by atoms with Gasteiger partial charge in [0, 0.05) is 65.7 Å². The van der Waals surface area contributed by atoms with Crippen LogP contribution in [0.3, 0.4) is 0 Å². The van der Waals surface area contributed by atoms with Crippen molar-refractivity contribution in [1.29, 1.82) is 0 Å². The van der Waals surface area contributed by atoms with Gasteiger partial charge in [-0.2, -0.15) is 49.5 Å². The molecule has 8 aromatic carbocycles. The van der Waals surface area contributed by atoms with E-state index in [9.17, 15) is 0 Å². The van der Waals surface area contributed by atoms with E-state index in [0.717, 1.165) is 56.4 Å². The van der Waals surface area contributed by atoms with Gasteiger partial charge in [-0.05, 0) is 119 Å². The zero-order valence-electron chi connectivity index (χ0n) is 42.2. The first-order valence-electron chi connectivity index (χ1n) is 24.6. The Balaban J connectivity index is 0.000000183. The summed E-state index contributed by atoms with van der Waals surface area (Å²) in [6.45, 7) is 7.80. The van der Waals surface area contributed by atoms with Crippen LogP contribution in [0.4, 0.5) is 0 Å². The van der Waals surface area contributed by atoms with Gasteiger partial charge in [0.2, 0.25) is 0 Å². The first kappa shape index (κ1) is 57.4. The molecule has 0 aliphatic heterocycles. The molecule has 1 radical (unpaired) electrons. The average molecular weight is 1150 g/mol. The van der Waals surface area contributed by atoms with E-state index >= 15 is 0 Å². The second-order valence-electron chi connectivity index (χ2n) is 17.0. The maximum absolute atomic E-state index is 6.94. The molecule has 0 bridgehead atoms. The third-order valence-corrected chi connectivity index (χ3v) is 17.4. The average Bonchev–Trinajstić information content (AvgIpc) is 4.27. The second-order valence-corrected chi connectivity index (χ2v) is 21.9. The summed E-state index contributed by atoms with van der Waals surface area (Å²) in [5.41, 5.74) is 6.02. The van der Waals surface area contributed by atoms with Gasteiger partial charge in [0.25, 0.3) is 0 Å². The Hall–Kier alpha value is -8.28. The van der Waals surface area contributed by atoms with Crippen LogP contribution in [0.15, 0.2) is 292 Å². The predicted octanol–water partition coefficient (Wildman–Crippen LogP) is 12.5. The van der Waals surface area contributed by atoms with E-state index in [1.54, 1.807) is 49.6 Å². The molecule has 12 rings (SSSR count). The van der Waals surface area contributed by atoms with Crippen LogP contribution >= 0.6 is 15.8 Å². The number of hydrogen-bond acceptors (Lipinski definition) is 6. The van der Waals surface area contributed by atoms with Gasteiger partial charge in [-0.25, -0.2) is 0 Å². The van der Waals surface area contributed by atoms with Gasteiger partial charge in [0.05, 0.1) is 0 Å². The second kappa shape index (κ2) is 30.5. The summed E-state index contributed by atoms with van der Waals surface area (Å²) < 4.78 is 12.7. The summed E-state index contributed by atoms with van der Waals surface area (Å²) in [5.74, 6) is 3.39. The van der Waals surface area contributed by atoms with Crippen LogP contribution in [0.1, 0.15) is 11.1 Å². The molecule has 0 N–H and O–H groups in total. The van der Waals surface area contributed by atoms with Gasteiger partial charge < -0.3 is 29.9 Å². The molecular weight excluding hydrogens is 1100 g/mol. The van der Waals surface area contributed by atoms with E-state index in [-0.39, 0.29) is 34.1 Å². The van der Waals surface area contributed by atoms with E-state index in [4.69, 9.17) is 9.47 Å². The van der Waals surface area contributed by atoms with Gasteiger partial charge in [-0.3, -0.25) is 9.97 Å². The Morgan fingerprint density at radius 3 is 0.910 bits per heavy atom. The zero-order valence-corrected chi connectivity index (χ0v) is 46.1. The normalized spacial score (nSPS) is 10.2. The minimum Gasteiger partial charge on any atom is -0.581 e. The van der Waals surface area contributed by atoms with E-state index in [1.807, 2.05) is 72.8 Å². The molecule has 0 aliphatic carbocycles. The molecule has 4 heterocycles. The number of rotatable bonds is 12. The smallest absolute Gasteiger partial charge is 0.581 e. The Morgan fingerprint density at radius 1 is 0.321 bits per heavy atom. The summed E-state index contributed by atoms with van der Waals surface area (Å²) in [7, 11) is -2.56. The van der Waals surface area contributed by atoms with Crippen LogP contribution in [0.25, 0.3) is 22.3 Å². The predicted molar refractivity (Wildman–Crippen MR) is 317 cm³/mol. The fraction of sp³-hybridized carbons (Fsp3) is 0. The number of aromatic nitrogens is 6. The summed E-state index contributed by atoms with van der Waals surface area (Å²) in [6, 6.07) is 83.6. The van der Waals surface area contributed by atoms with Crippen LogP contribution in [-0.4, -0.2) is 20.2 Å². The SMILES string of the molecule is [CH2-]c1ccccc1Oc1ccccc1[CH2-].[Cu+].[Cu].c1cc(-c2cn[n-]c2)ccn1.c1cc(-c2cn[n-]c2)ccn1.c1ccc([PH+](c2ccccc2)c2ccccc2Oc2ccccc2[PH+](c2ccccc2)c2ccccc2)cc1. The third kappa shape index (κ3) is 15.9. The Bertz CT molecular complexity index is 3260. The Labute approximate surface area is 480 Å². The van der Waals surface area contributed by atoms with Crippen molar-refractivity contribution in [1.82, 2.24) is 30.4 Å². The van der Waals surface area contributed by atoms with Crippen molar-refractivity contribution in [2.24, 2.45) is 0 Å². The number of ether oxygens (including phenoxy) is 2. The molecule has 0 unspecified atom stereocenters. The fourth-order valence-electron chi connectivity index (χ4n) is 8.18. The molecule has 12 heteroatoms. The first-order chi connectivity index (χ1) is 37.6. The molecule has 78 heavy (non-hydrogen) atoms. The van der Waals surface area contributed by atoms with E-state index in [1.165, 1.54) is 31.8 Å². The zero-order chi connectivity index (χ0) is 52.0. The summed E-state index contributed by atoms with van der Waals surface area (Å²) in [5, 5.41) is 22.8. The molecule has 0 atom stereocenters. The van der Waals surface area contributed by atoms with Crippen LogP contribution in [0.2, 0.25) is 0 Å². The number of nitrogens with zero attached hydrogens (tertiary/aromatic N) is 6. The molecule has 8 nitrogen and oxygen atoms in total. The van der Waals surface area contributed by atoms with E-state index in [2.05, 4.69) is 214 Å². The molecule has 12 aromatic rings. The molecule has 0 fully saturated rings. The molecular formula is C66H54Cu2N6O2P2-. The fourth-order valence-corrected chi connectivity index (χ4v) is 13.5. The van der Waals surface area contributed by atoms with Crippen molar-refractivity contribution in [3.63, 3.8) is 0 Å². The van der Waals surface area contributed by atoms with Crippen molar-refractivity contribution >= 4 is 47.7 Å². The van der Waals surface area contributed by atoms with Crippen molar-refractivity contribution < 1.29 is 43.6 Å². The van der Waals surface area contributed by atoms with Gasteiger partial charge in [0.1, 0.15) is 47.7 Å². The number of hydrogen-bond donors (Lipinski definition) is 0. The van der Waals surface area contributed by atoms with Crippen molar-refractivity contribution in [3.05, 3.63) is 317 Å². The molecule has 0 spiro atoms. The van der Waals surface area contributed by atoms with Crippen LogP contribution in [0.5, 0.6) is 23.0 Å². The first-order valence-corrected chi connectivity index (χ1v) is 27.6. The van der Waals surface area contributed by atoms with E-state index in [0.29, 0.717) is 0 Å². The van der Waals surface area contributed by atoms with Crippen LogP contribution < -0.4 is 51.5 Å². The van der Waals surface area contributed by atoms with Gasteiger partial charge in [0.15, 0.2) is 11.5 Å². The number of pyridine rings is 2. The van der Waals surface area contributed by atoms with Gasteiger partial charge in [-0.1, -0.05) is 121 Å². The molecule has 393 valence electrons. The van der Waals surface area contributed by atoms with Crippen molar-refractivity contribution in [3.8, 4) is 45.3 Å². The van der Waals surface area contributed by atoms with Crippen LogP contribution in [-0.2, 0) is 34.1 Å². The molecule has 4 aromatic heterocycles. The number of para-hydroxylation sites is 4. The van der Waals surface area contributed by atoms with E-state index < -0.39 is 15.8 Å². The maximum Gasteiger partial charge on any atom is 1.00 e. The van der Waals surface area contributed by atoms with Gasteiger partial charge >= 0.3 is 17.1 Å². The van der Waals surface area contributed by atoms with Crippen molar-refractivity contribution in [2.45, 2.75) is 0 Å². The summed E-state index contributed by atoms with van der Waals surface area (Å²) in [6.07, 6.45) is 13.9. The van der Waals surface area contributed by atoms with Crippen molar-refractivity contribution in [2.75, 3.05) is 0 Å². The summed E-state index contributed by atoms with van der Waals surface area (Å²) >= 11 is 0. The Morgan fingerprint density at radius 2 is 0.603 bits per heavy atom. The minimum atomic E-state index is -1.28. The molecule has 0 saturated heterocycles.